The molecule has 0 fully saturated rings. The van der Waals surface area contributed by atoms with Crippen LogP contribution in [-0.4, -0.2) is 22.6 Å². The van der Waals surface area contributed by atoms with E-state index in [0.29, 0.717) is 5.03 Å². The molecule has 1 unspecified atom stereocenters. The largest absolute Gasteiger partial charge is 0.443 e. The summed E-state index contributed by atoms with van der Waals surface area (Å²) in [7, 11) is 0. The maximum Gasteiger partial charge on any atom is 0.415 e. The van der Waals surface area contributed by atoms with Gasteiger partial charge in [-0.1, -0.05) is 37.8 Å². The van der Waals surface area contributed by atoms with E-state index in [1.54, 1.807) is 4.90 Å². The maximum atomic E-state index is 12.4. The highest BCUT2D eigenvalue weighted by molar-refractivity contribution is 6.31. The summed E-state index contributed by atoms with van der Waals surface area (Å²) in [6.07, 6.45) is 7.75. The van der Waals surface area contributed by atoms with Gasteiger partial charge in [-0.15, -0.1) is 0 Å². The van der Waals surface area contributed by atoms with Crippen LogP contribution < -0.4 is 0 Å². The molecular weight excluding hydrogens is 274 g/mol. The van der Waals surface area contributed by atoms with Crippen molar-refractivity contribution in [2.75, 3.05) is 0 Å². The van der Waals surface area contributed by atoms with Crippen LogP contribution >= 0.6 is 11.6 Å². The number of nitrogens with zero attached hydrogens (tertiary/aromatic N) is 1. The van der Waals surface area contributed by atoms with Gasteiger partial charge in [-0.3, -0.25) is 4.90 Å². The van der Waals surface area contributed by atoms with Crippen LogP contribution in [0.1, 0.15) is 60.3 Å². The number of carbonyl (C=O) groups is 1. The summed E-state index contributed by atoms with van der Waals surface area (Å²) in [5.41, 5.74) is 0.351. The van der Waals surface area contributed by atoms with E-state index < -0.39 is 5.60 Å². The topological polar surface area (TPSA) is 29.5 Å². The number of ether oxygens (including phenoxy) is 1. The lowest BCUT2D eigenvalue weighted by molar-refractivity contribution is 0.0263. The van der Waals surface area contributed by atoms with Gasteiger partial charge in [0.25, 0.3) is 0 Å². The van der Waals surface area contributed by atoms with Gasteiger partial charge in [0.05, 0.1) is 6.04 Å². The Kier molecular flexibility index (Phi) is 6.12. The Morgan fingerprint density at radius 1 is 1.40 bits per heavy atom. The van der Waals surface area contributed by atoms with Crippen molar-refractivity contribution in [3.63, 3.8) is 0 Å². The zero-order chi connectivity index (χ0) is 15.3. The first-order valence-electron chi connectivity index (χ1n) is 7.32. The lowest BCUT2D eigenvalue weighted by Crippen LogP contribution is -2.42. The molecule has 0 aromatic rings. The number of hydrogen-bond acceptors (Lipinski definition) is 2. The minimum Gasteiger partial charge on any atom is -0.443 e. The van der Waals surface area contributed by atoms with Gasteiger partial charge < -0.3 is 4.74 Å². The Bertz CT molecular complexity index is 407. The molecule has 0 spiro atoms. The average molecular weight is 300 g/mol. The second-order valence-corrected chi connectivity index (χ2v) is 6.69. The van der Waals surface area contributed by atoms with Crippen molar-refractivity contribution in [3.8, 4) is 0 Å². The van der Waals surface area contributed by atoms with E-state index in [0.717, 1.165) is 31.4 Å². The first-order chi connectivity index (χ1) is 9.24. The van der Waals surface area contributed by atoms with Crippen LogP contribution in [0.5, 0.6) is 0 Å². The van der Waals surface area contributed by atoms with E-state index in [1.165, 1.54) is 0 Å². The molecule has 3 nitrogen and oxygen atoms in total. The Hall–Kier alpha value is -0.960. The van der Waals surface area contributed by atoms with Gasteiger partial charge in [-0.05, 0) is 46.3 Å². The molecule has 0 bridgehead atoms. The molecule has 1 aliphatic heterocycles. The second kappa shape index (κ2) is 7.16. The number of unbranched alkanes of at least 4 members (excludes halogenated alkanes) is 2. The fourth-order valence-electron chi connectivity index (χ4n) is 2.24. The van der Waals surface area contributed by atoms with Crippen LogP contribution in [0.25, 0.3) is 0 Å². The van der Waals surface area contributed by atoms with E-state index in [-0.39, 0.29) is 12.1 Å². The molecule has 0 aromatic carbocycles. The summed E-state index contributed by atoms with van der Waals surface area (Å²) in [4.78, 5) is 14.1. The molecule has 0 saturated carbocycles. The number of halogens is 1. The third kappa shape index (κ3) is 5.20. The van der Waals surface area contributed by atoms with Crippen LogP contribution in [0.15, 0.2) is 22.9 Å². The van der Waals surface area contributed by atoms with E-state index in [9.17, 15) is 4.79 Å². The summed E-state index contributed by atoms with van der Waals surface area (Å²) in [5, 5.41) is 0.698. The fraction of sp³-hybridized carbons (Fsp3) is 0.688. The first kappa shape index (κ1) is 17.1. The van der Waals surface area contributed by atoms with Crippen molar-refractivity contribution in [3.05, 3.63) is 22.9 Å². The molecule has 1 atom stereocenters. The first-order valence-corrected chi connectivity index (χ1v) is 7.70. The summed E-state index contributed by atoms with van der Waals surface area (Å²) in [5.74, 6) is 0. The lowest BCUT2D eigenvalue weighted by atomic mass is 10.0. The van der Waals surface area contributed by atoms with Crippen molar-refractivity contribution >= 4 is 17.7 Å². The molecule has 1 rings (SSSR count). The zero-order valence-electron chi connectivity index (χ0n) is 13.2. The summed E-state index contributed by atoms with van der Waals surface area (Å²) in [6.45, 7) is 9.70. The van der Waals surface area contributed by atoms with Gasteiger partial charge in [-0.2, -0.15) is 0 Å². The Labute approximate surface area is 127 Å². The molecule has 0 saturated heterocycles. The van der Waals surface area contributed by atoms with E-state index in [2.05, 4.69) is 6.92 Å². The normalized spacial score (nSPS) is 19.5. The molecule has 1 amide bonds. The molecule has 20 heavy (non-hydrogen) atoms. The van der Waals surface area contributed by atoms with Gasteiger partial charge >= 0.3 is 6.09 Å². The van der Waals surface area contributed by atoms with Crippen molar-refractivity contribution in [2.24, 2.45) is 0 Å². The molecule has 0 radical (unpaired) electrons. The Morgan fingerprint density at radius 2 is 2.05 bits per heavy atom. The van der Waals surface area contributed by atoms with E-state index >= 15 is 0 Å². The van der Waals surface area contributed by atoms with E-state index in [1.807, 2.05) is 39.8 Å². The molecule has 1 heterocycles. The minimum atomic E-state index is -0.490. The maximum absolute atomic E-state index is 12.4. The fourth-order valence-corrected chi connectivity index (χ4v) is 2.55. The van der Waals surface area contributed by atoms with Crippen LogP contribution in [0.4, 0.5) is 4.79 Å². The SMILES string of the molecule is CCCCCC1C=C(Cl)C=C(C)N1C(=O)OC(C)(C)C. The Morgan fingerprint density at radius 3 is 2.60 bits per heavy atom. The smallest absolute Gasteiger partial charge is 0.415 e. The highest BCUT2D eigenvalue weighted by atomic mass is 35.5. The number of allylic oxidation sites excluding steroid dienone is 3. The summed E-state index contributed by atoms with van der Waals surface area (Å²) >= 11 is 6.13. The van der Waals surface area contributed by atoms with Gasteiger partial charge in [-0.25, -0.2) is 4.79 Å². The molecule has 4 heteroatoms. The lowest BCUT2D eigenvalue weighted by Gasteiger charge is -2.34. The highest BCUT2D eigenvalue weighted by Gasteiger charge is 2.30. The molecule has 0 aliphatic carbocycles. The summed E-state index contributed by atoms with van der Waals surface area (Å²) in [6, 6.07) is -0.00565. The average Bonchev–Trinajstić information content (AvgIpc) is 2.25. The van der Waals surface area contributed by atoms with Crippen LogP contribution in [-0.2, 0) is 4.74 Å². The van der Waals surface area contributed by atoms with Crippen molar-refractivity contribution in [1.29, 1.82) is 0 Å². The van der Waals surface area contributed by atoms with E-state index in [4.69, 9.17) is 16.3 Å². The third-order valence-corrected chi connectivity index (χ3v) is 3.34. The molecule has 0 aromatic heterocycles. The number of hydrogen-bond donors (Lipinski definition) is 0. The monoisotopic (exact) mass is 299 g/mol. The van der Waals surface area contributed by atoms with Gasteiger partial charge in [0.1, 0.15) is 5.60 Å². The summed E-state index contributed by atoms with van der Waals surface area (Å²) < 4.78 is 5.49. The van der Waals surface area contributed by atoms with Crippen LogP contribution in [0, 0.1) is 0 Å². The Balaban J connectivity index is 2.82. The van der Waals surface area contributed by atoms with Crippen LogP contribution in [0.2, 0.25) is 0 Å². The molecule has 0 N–H and O–H groups in total. The van der Waals surface area contributed by atoms with Gasteiger partial charge in [0.15, 0.2) is 0 Å². The number of carbonyl (C=O) groups excluding carboxylic acids is 1. The van der Waals surface area contributed by atoms with Crippen LogP contribution in [0.3, 0.4) is 0 Å². The standard InChI is InChI=1S/C16H26ClNO2/c1-6-7-8-9-14-11-13(17)10-12(2)18(14)15(19)20-16(3,4)5/h10-11,14H,6-9H2,1-5H3. The predicted octanol–water partition coefficient (Wildman–Crippen LogP) is 5.21. The predicted molar refractivity (Wildman–Crippen MR) is 83.7 cm³/mol. The van der Waals surface area contributed by atoms with Crippen molar-refractivity contribution in [1.82, 2.24) is 4.90 Å². The van der Waals surface area contributed by atoms with Gasteiger partial charge in [0, 0.05) is 10.7 Å². The highest BCUT2D eigenvalue weighted by Crippen LogP contribution is 2.27. The zero-order valence-corrected chi connectivity index (χ0v) is 14.0. The van der Waals surface area contributed by atoms with Crippen molar-refractivity contribution in [2.45, 2.75) is 71.9 Å². The van der Waals surface area contributed by atoms with Gasteiger partial charge in [0.2, 0.25) is 0 Å². The third-order valence-electron chi connectivity index (χ3n) is 3.10. The minimum absolute atomic E-state index is 0.00565. The number of rotatable bonds is 4. The van der Waals surface area contributed by atoms with Crippen molar-refractivity contribution < 1.29 is 9.53 Å². The molecule has 1 aliphatic rings. The quantitative estimate of drug-likeness (QED) is 0.667. The molecule has 114 valence electrons. The second-order valence-electron chi connectivity index (χ2n) is 6.25. The number of amides is 1. The molecular formula is C16H26ClNO2.